The second-order valence-electron chi connectivity index (χ2n) is 7.92. The van der Waals surface area contributed by atoms with Gasteiger partial charge in [0.05, 0.1) is 0 Å². The molecule has 1 unspecified atom stereocenters. The van der Waals surface area contributed by atoms with Gasteiger partial charge in [-0.1, -0.05) is 6.92 Å². The molecular weight excluding hydrogens is 248 g/mol. The van der Waals surface area contributed by atoms with Crippen molar-refractivity contribution in [1.82, 2.24) is 20.1 Å². The van der Waals surface area contributed by atoms with Crippen LogP contribution in [0.2, 0.25) is 0 Å². The zero-order chi connectivity index (χ0) is 15.0. The Bertz CT molecular complexity index is 440. The average molecular weight is 278 g/mol. The summed E-state index contributed by atoms with van der Waals surface area (Å²) in [6.45, 7) is 14.5. The van der Waals surface area contributed by atoms with Gasteiger partial charge in [0.25, 0.3) is 0 Å². The Kier molecular flexibility index (Phi) is 4.24. The maximum atomic E-state index is 4.50. The van der Waals surface area contributed by atoms with Crippen molar-refractivity contribution < 1.29 is 0 Å². The molecule has 0 aromatic carbocycles. The highest BCUT2D eigenvalue weighted by Gasteiger charge is 2.42. The third-order valence-corrected chi connectivity index (χ3v) is 4.28. The van der Waals surface area contributed by atoms with Crippen LogP contribution in [0.1, 0.15) is 66.3 Å². The molecule has 1 N–H and O–H groups in total. The van der Waals surface area contributed by atoms with Gasteiger partial charge < -0.3 is 5.32 Å². The van der Waals surface area contributed by atoms with E-state index in [4.69, 9.17) is 0 Å². The first kappa shape index (κ1) is 15.5. The molecule has 1 fully saturated rings. The van der Waals surface area contributed by atoms with E-state index in [0.29, 0.717) is 6.04 Å². The van der Waals surface area contributed by atoms with Crippen LogP contribution in [-0.2, 0) is 6.42 Å². The first-order chi connectivity index (χ1) is 9.21. The first-order valence-electron chi connectivity index (χ1n) is 7.85. The highest BCUT2D eigenvalue weighted by Crippen LogP contribution is 2.47. The van der Waals surface area contributed by atoms with Gasteiger partial charge in [-0.05, 0) is 58.8 Å². The van der Waals surface area contributed by atoms with Gasteiger partial charge >= 0.3 is 0 Å². The largest absolute Gasteiger partial charge is 0.312 e. The van der Waals surface area contributed by atoms with Gasteiger partial charge in [-0.2, -0.15) is 5.10 Å². The molecule has 2 rings (SSSR count). The lowest BCUT2D eigenvalue weighted by Crippen LogP contribution is -2.45. The van der Waals surface area contributed by atoms with Gasteiger partial charge in [0.1, 0.15) is 12.2 Å². The minimum absolute atomic E-state index is 0.169. The van der Waals surface area contributed by atoms with Crippen molar-refractivity contribution >= 4 is 0 Å². The van der Waals surface area contributed by atoms with Crippen molar-refractivity contribution in [1.29, 1.82) is 0 Å². The fourth-order valence-corrected chi connectivity index (χ4v) is 2.79. The molecule has 0 spiro atoms. The van der Waals surface area contributed by atoms with E-state index in [0.717, 1.165) is 24.7 Å². The molecule has 0 radical (unpaired) electrons. The second kappa shape index (κ2) is 5.47. The van der Waals surface area contributed by atoms with E-state index in [9.17, 15) is 0 Å². The number of hydrogen-bond acceptors (Lipinski definition) is 3. The van der Waals surface area contributed by atoms with Crippen molar-refractivity contribution in [3.63, 3.8) is 0 Å². The minimum atomic E-state index is 0.169. The average Bonchev–Trinajstić information content (AvgIpc) is 3.08. The quantitative estimate of drug-likeness (QED) is 0.869. The fourth-order valence-electron chi connectivity index (χ4n) is 2.79. The molecule has 1 aromatic rings. The maximum absolute atomic E-state index is 4.50. The van der Waals surface area contributed by atoms with Crippen LogP contribution >= 0.6 is 0 Å². The minimum Gasteiger partial charge on any atom is -0.312 e. The summed E-state index contributed by atoms with van der Waals surface area (Å²) in [4.78, 5) is 4.50. The Balaban J connectivity index is 2.10. The smallest absolute Gasteiger partial charge is 0.138 e. The van der Waals surface area contributed by atoms with Crippen LogP contribution in [0.25, 0.3) is 0 Å². The van der Waals surface area contributed by atoms with Crippen LogP contribution in [0.4, 0.5) is 0 Å². The van der Waals surface area contributed by atoms with Gasteiger partial charge in [-0.25, -0.2) is 9.67 Å². The summed E-state index contributed by atoms with van der Waals surface area (Å²) < 4.78 is 2.07. The maximum Gasteiger partial charge on any atom is 0.138 e. The third-order valence-electron chi connectivity index (χ3n) is 4.28. The van der Waals surface area contributed by atoms with E-state index >= 15 is 0 Å². The SMILES string of the molecule is CC(C)n1ncnc1CC(C)(CNC(C)(C)C)C1CC1. The van der Waals surface area contributed by atoms with Gasteiger partial charge in [-0.15, -0.1) is 0 Å². The lowest BCUT2D eigenvalue weighted by atomic mass is 9.80. The molecule has 1 saturated carbocycles. The van der Waals surface area contributed by atoms with E-state index < -0.39 is 0 Å². The van der Waals surface area contributed by atoms with E-state index in [-0.39, 0.29) is 11.0 Å². The highest BCUT2D eigenvalue weighted by molar-refractivity contribution is 5.01. The monoisotopic (exact) mass is 278 g/mol. The molecule has 1 aliphatic carbocycles. The summed E-state index contributed by atoms with van der Waals surface area (Å²) in [5, 5.41) is 8.06. The van der Waals surface area contributed by atoms with Gasteiger partial charge in [0.15, 0.2) is 0 Å². The molecule has 1 aliphatic rings. The molecule has 0 aliphatic heterocycles. The first-order valence-corrected chi connectivity index (χ1v) is 7.85. The number of nitrogens with one attached hydrogen (secondary N) is 1. The van der Waals surface area contributed by atoms with Crippen molar-refractivity contribution in [2.45, 2.75) is 72.4 Å². The van der Waals surface area contributed by atoms with Crippen LogP contribution in [0, 0.1) is 11.3 Å². The molecule has 0 saturated heterocycles. The summed E-state index contributed by atoms with van der Waals surface area (Å²) >= 11 is 0. The molecular formula is C16H30N4. The third kappa shape index (κ3) is 3.81. The topological polar surface area (TPSA) is 42.7 Å². The molecule has 4 nitrogen and oxygen atoms in total. The van der Waals surface area contributed by atoms with Crippen LogP contribution in [0.5, 0.6) is 0 Å². The van der Waals surface area contributed by atoms with Crippen molar-refractivity contribution in [3.8, 4) is 0 Å². The Morgan fingerprint density at radius 3 is 2.45 bits per heavy atom. The highest BCUT2D eigenvalue weighted by atomic mass is 15.3. The summed E-state index contributed by atoms with van der Waals surface area (Å²) in [5.41, 5.74) is 0.453. The summed E-state index contributed by atoms with van der Waals surface area (Å²) in [5.74, 6) is 1.96. The van der Waals surface area contributed by atoms with Crippen LogP contribution in [-0.4, -0.2) is 26.8 Å². The standard InChI is InChI=1S/C16H30N4/c1-12(2)20-14(17-11-19-20)9-16(6,13-7-8-13)10-18-15(3,4)5/h11-13,18H,7-10H2,1-6H3. The number of hydrogen-bond donors (Lipinski definition) is 1. The van der Waals surface area contributed by atoms with Crippen molar-refractivity contribution in [2.75, 3.05) is 6.54 Å². The van der Waals surface area contributed by atoms with Gasteiger partial charge in [0.2, 0.25) is 0 Å². The van der Waals surface area contributed by atoms with E-state index in [1.54, 1.807) is 6.33 Å². The summed E-state index contributed by atoms with van der Waals surface area (Å²) in [7, 11) is 0. The van der Waals surface area contributed by atoms with E-state index in [1.165, 1.54) is 12.8 Å². The lowest BCUT2D eigenvalue weighted by Gasteiger charge is -2.34. The van der Waals surface area contributed by atoms with E-state index in [2.05, 4.69) is 61.6 Å². The lowest BCUT2D eigenvalue weighted by molar-refractivity contribution is 0.219. The van der Waals surface area contributed by atoms with Gasteiger partial charge in [0, 0.05) is 24.5 Å². The molecule has 1 atom stereocenters. The zero-order valence-corrected chi connectivity index (χ0v) is 13.9. The fraction of sp³-hybridized carbons (Fsp3) is 0.875. The predicted octanol–water partition coefficient (Wildman–Crippen LogP) is 3.21. The van der Waals surface area contributed by atoms with Crippen LogP contribution in [0.3, 0.4) is 0 Å². The van der Waals surface area contributed by atoms with E-state index in [1.807, 2.05) is 0 Å². The van der Waals surface area contributed by atoms with Crippen molar-refractivity contribution in [2.24, 2.45) is 11.3 Å². The molecule has 0 bridgehead atoms. The summed E-state index contributed by atoms with van der Waals surface area (Å²) in [6.07, 6.45) is 5.43. The number of nitrogens with zero attached hydrogens (tertiary/aromatic N) is 3. The molecule has 0 amide bonds. The van der Waals surface area contributed by atoms with Crippen LogP contribution in [0.15, 0.2) is 6.33 Å². The summed E-state index contributed by atoms with van der Waals surface area (Å²) in [6, 6.07) is 0.381. The van der Waals surface area contributed by atoms with Gasteiger partial charge in [-0.3, -0.25) is 0 Å². The predicted molar refractivity (Wildman–Crippen MR) is 82.7 cm³/mol. The normalized spacial score (nSPS) is 19.4. The zero-order valence-electron chi connectivity index (χ0n) is 13.9. The molecule has 114 valence electrons. The second-order valence-corrected chi connectivity index (χ2v) is 7.92. The Labute approximate surface area is 123 Å². The Hall–Kier alpha value is -0.900. The molecule has 20 heavy (non-hydrogen) atoms. The van der Waals surface area contributed by atoms with Crippen LogP contribution < -0.4 is 5.32 Å². The molecule has 1 heterocycles. The van der Waals surface area contributed by atoms with Crippen molar-refractivity contribution in [3.05, 3.63) is 12.2 Å². The number of aromatic nitrogens is 3. The Morgan fingerprint density at radius 1 is 1.30 bits per heavy atom. The Morgan fingerprint density at radius 2 is 1.95 bits per heavy atom. The molecule has 4 heteroatoms. The molecule has 1 aromatic heterocycles. The number of rotatable bonds is 6.